The number of nitrogens with two attached hydrogens (primary N) is 1. The van der Waals surface area contributed by atoms with Gasteiger partial charge in [-0.25, -0.2) is 0 Å². The smallest absolute Gasteiger partial charge is 0.269 e. The predicted molar refractivity (Wildman–Crippen MR) is 69.7 cm³/mol. The summed E-state index contributed by atoms with van der Waals surface area (Å²) in [6.45, 7) is 1.20. The van der Waals surface area contributed by atoms with Crippen molar-refractivity contribution in [2.24, 2.45) is 5.73 Å². The summed E-state index contributed by atoms with van der Waals surface area (Å²) in [4.78, 5) is 21.3. The highest BCUT2D eigenvalue weighted by atomic mass is 16.6. The number of nitro benzene ring substituents is 1. The van der Waals surface area contributed by atoms with Crippen molar-refractivity contribution < 1.29 is 14.5 Å². The summed E-state index contributed by atoms with van der Waals surface area (Å²) in [6, 6.07) is 6.24. The number of nitro groups is 1. The molecule has 104 valence electrons. The minimum Gasteiger partial charge on any atom is -0.370 e. The van der Waals surface area contributed by atoms with Gasteiger partial charge >= 0.3 is 0 Å². The van der Waals surface area contributed by atoms with E-state index in [2.05, 4.69) is 5.32 Å². The maximum absolute atomic E-state index is 11.3. The van der Waals surface area contributed by atoms with E-state index in [4.69, 9.17) is 10.5 Å². The van der Waals surface area contributed by atoms with E-state index in [-0.39, 0.29) is 18.2 Å². The normalized spacial score (nSPS) is 10.2. The second-order valence-electron chi connectivity index (χ2n) is 3.86. The number of benzene rings is 1. The Morgan fingerprint density at radius 2 is 2.05 bits per heavy atom. The maximum atomic E-state index is 11.3. The van der Waals surface area contributed by atoms with E-state index in [0.717, 1.165) is 5.56 Å². The van der Waals surface area contributed by atoms with Gasteiger partial charge in [0.2, 0.25) is 5.91 Å². The van der Waals surface area contributed by atoms with Crippen molar-refractivity contribution in [1.82, 2.24) is 5.32 Å². The lowest BCUT2D eigenvalue weighted by atomic mass is 10.1. The summed E-state index contributed by atoms with van der Waals surface area (Å²) in [5.41, 5.74) is 6.20. The van der Waals surface area contributed by atoms with Gasteiger partial charge in [0.1, 0.15) is 6.61 Å². The maximum Gasteiger partial charge on any atom is 0.269 e. The van der Waals surface area contributed by atoms with Crippen molar-refractivity contribution in [2.75, 3.05) is 26.3 Å². The van der Waals surface area contributed by atoms with E-state index in [1.54, 1.807) is 12.1 Å². The first-order valence-corrected chi connectivity index (χ1v) is 5.91. The van der Waals surface area contributed by atoms with Crippen LogP contribution >= 0.6 is 0 Å². The molecular formula is C12H17N3O4. The summed E-state index contributed by atoms with van der Waals surface area (Å²) in [6.07, 6.45) is 0.612. The Balaban J connectivity index is 2.25. The summed E-state index contributed by atoms with van der Waals surface area (Å²) in [5, 5.41) is 13.2. The number of nitrogens with one attached hydrogen (secondary N) is 1. The van der Waals surface area contributed by atoms with Gasteiger partial charge in [-0.3, -0.25) is 14.9 Å². The highest BCUT2D eigenvalue weighted by Gasteiger charge is 2.04. The van der Waals surface area contributed by atoms with Crippen molar-refractivity contribution in [3.05, 3.63) is 39.9 Å². The first-order valence-electron chi connectivity index (χ1n) is 5.91. The van der Waals surface area contributed by atoms with Crippen LogP contribution in [0.2, 0.25) is 0 Å². The molecule has 0 unspecified atom stereocenters. The second kappa shape index (κ2) is 8.17. The van der Waals surface area contributed by atoms with Gasteiger partial charge in [0, 0.05) is 25.2 Å². The van der Waals surface area contributed by atoms with Crippen LogP contribution in [0.3, 0.4) is 0 Å². The molecule has 0 spiro atoms. The minimum absolute atomic E-state index is 0.00252. The lowest BCUT2D eigenvalue weighted by Gasteiger charge is -2.05. The van der Waals surface area contributed by atoms with Crippen molar-refractivity contribution in [3.8, 4) is 0 Å². The SMILES string of the molecule is NCCOCC(=O)NCCc1ccc([N+](=O)[O-])cc1. The van der Waals surface area contributed by atoms with Gasteiger partial charge in [0.15, 0.2) is 0 Å². The second-order valence-corrected chi connectivity index (χ2v) is 3.86. The Bertz CT molecular complexity index is 419. The number of ether oxygens (including phenoxy) is 1. The highest BCUT2D eigenvalue weighted by Crippen LogP contribution is 2.11. The number of nitrogens with zero attached hydrogens (tertiary/aromatic N) is 1. The molecule has 0 radical (unpaired) electrons. The monoisotopic (exact) mass is 267 g/mol. The van der Waals surface area contributed by atoms with E-state index < -0.39 is 4.92 Å². The van der Waals surface area contributed by atoms with Crippen LogP contribution in [-0.2, 0) is 16.0 Å². The Kier molecular flexibility index (Phi) is 6.48. The topological polar surface area (TPSA) is 107 Å². The van der Waals surface area contributed by atoms with E-state index >= 15 is 0 Å². The molecule has 0 bridgehead atoms. The minimum atomic E-state index is -0.444. The third kappa shape index (κ3) is 5.94. The van der Waals surface area contributed by atoms with Gasteiger partial charge in [0.05, 0.1) is 11.5 Å². The van der Waals surface area contributed by atoms with Gasteiger partial charge in [-0.15, -0.1) is 0 Å². The number of carbonyl (C=O) groups is 1. The van der Waals surface area contributed by atoms with Gasteiger partial charge in [0.25, 0.3) is 5.69 Å². The van der Waals surface area contributed by atoms with Gasteiger partial charge in [-0.2, -0.15) is 0 Å². The molecule has 0 saturated carbocycles. The Morgan fingerprint density at radius 3 is 2.63 bits per heavy atom. The number of carbonyl (C=O) groups excluding carboxylic acids is 1. The molecule has 0 aliphatic rings. The van der Waals surface area contributed by atoms with Crippen LogP contribution in [-0.4, -0.2) is 37.1 Å². The van der Waals surface area contributed by atoms with E-state index in [1.807, 2.05) is 0 Å². The fraction of sp³-hybridized carbons (Fsp3) is 0.417. The zero-order chi connectivity index (χ0) is 14.1. The first-order chi connectivity index (χ1) is 9.13. The summed E-state index contributed by atoms with van der Waals surface area (Å²) >= 11 is 0. The molecule has 19 heavy (non-hydrogen) atoms. The number of non-ortho nitro benzene ring substituents is 1. The average Bonchev–Trinajstić information content (AvgIpc) is 2.39. The van der Waals surface area contributed by atoms with Crippen LogP contribution in [0.15, 0.2) is 24.3 Å². The van der Waals surface area contributed by atoms with Crippen LogP contribution in [0.5, 0.6) is 0 Å². The number of hydrogen-bond donors (Lipinski definition) is 2. The number of rotatable bonds is 8. The van der Waals surface area contributed by atoms with Gasteiger partial charge < -0.3 is 15.8 Å². The van der Waals surface area contributed by atoms with Crippen LogP contribution < -0.4 is 11.1 Å². The molecule has 0 aliphatic heterocycles. The molecule has 0 aliphatic carbocycles. The zero-order valence-electron chi connectivity index (χ0n) is 10.5. The standard InChI is InChI=1S/C12H17N3O4/c13-6-8-19-9-12(16)14-7-5-10-1-3-11(4-2-10)15(17)18/h1-4H,5-9,13H2,(H,14,16). The van der Waals surface area contributed by atoms with Crippen molar-refractivity contribution in [1.29, 1.82) is 0 Å². The molecule has 0 aromatic heterocycles. The molecule has 1 rings (SSSR count). The molecule has 1 aromatic carbocycles. The molecule has 1 amide bonds. The van der Waals surface area contributed by atoms with E-state index in [1.165, 1.54) is 12.1 Å². The van der Waals surface area contributed by atoms with Crippen molar-refractivity contribution >= 4 is 11.6 Å². The van der Waals surface area contributed by atoms with Crippen molar-refractivity contribution in [3.63, 3.8) is 0 Å². The molecule has 7 heteroatoms. The third-order valence-electron chi connectivity index (χ3n) is 2.38. The largest absolute Gasteiger partial charge is 0.370 e. The lowest BCUT2D eigenvalue weighted by Crippen LogP contribution is -2.30. The number of hydrogen-bond acceptors (Lipinski definition) is 5. The third-order valence-corrected chi connectivity index (χ3v) is 2.38. The average molecular weight is 267 g/mol. The summed E-state index contributed by atoms with van der Waals surface area (Å²) in [7, 11) is 0. The summed E-state index contributed by atoms with van der Waals surface area (Å²) < 4.78 is 4.98. The van der Waals surface area contributed by atoms with Gasteiger partial charge in [-0.05, 0) is 12.0 Å². The molecule has 7 nitrogen and oxygen atoms in total. The Labute approximate surface area is 110 Å². The molecular weight excluding hydrogens is 250 g/mol. The highest BCUT2D eigenvalue weighted by molar-refractivity contribution is 5.77. The molecule has 0 heterocycles. The zero-order valence-corrected chi connectivity index (χ0v) is 10.5. The molecule has 0 fully saturated rings. The molecule has 3 N–H and O–H groups in total. The lowest BCUT2D eigenvalue weighted by molar-refractivity contribution is -0.384. The van der Waals surface area contributed by atoms with Crippen LogP contribution in [0.1, 0.15) is 5.56 Å². The van der Waals surface area contributed by atoms with Crippen LogP contribution in [0.25, 0.3) is 0 Å². The quantitative estimate of drug-likeness (QED) is 0.398. The van der Waals surface area contributed by atoms with Crippen LogP contribution in [0.4, 0.5) is 5.69 Å². The first kappa shape index (κ1) is 15.1. The Hall–Kier alpha value is -1.99. The fourth-order valence-electron chi connectivity index (χ4n) is 1.43. The van der Waals surface area contributed by atoms with Crippen LogP contribution in [0, 0.1) is 10.1 Å². The molecule has 1 aromatic rings. The van der Waals surface area contributed by atoms with Gasteiger partial charge in [-0.1, -0.05) is 12.1 Å². The molecule has 0 atom stereocenters. The summed E-state index contributed by atoms with van der Waals surface area (Å²) in [5.74, 6) is -0.199. The van der Waals surface area contributed by atoms with E-state index in [0.29, 0.717) is 26.1 Å². The fourth-order valence-corrected chi connectivity index (χ4v) is 1.43. The van der Waals surface area contributed by atoms with E-state index in [9.17, 15) is 14.9 Å². The predicted octanol–water partition coefficient (Wildman–Crippen LogP) is 0.229. The Morgan fingerprint density at radius 1 is 1.37 bits per heavy atom. The van der Waals surface area contributed by atoms with Crippen molar-refractivity contribution in [2.45, 2.75) is 6.42 Å². The molecule has 0 saturated heterocycles. The number of amides is 1.